The van der Waals surface area contributed by atoms with Crippen molar-refractivity contribution in [2.75, 3.05) is 38.0 Å². The van der Waals surface area contributed by atoms with E-state index in [9.17, 15) is 9.00 Å². The topological polar surface area (TPSA) is 84.2 Å². The summed E-state index contributed by atoms with van der Waals surface area (Å²) in [5.41, 5.74) is 0.685. The van der Waals surface area contributed by atoms with E-state index in [-0.39, 0.29) is 11.4 Å². The van der Waals surface area contributed by atoms with E-state index in [2.05, 4.69) is 16.8 Å². The molecule has 7 heteroatoms. The third-order valence-electron chi connectivity index (χ3n) is 4.29. The second kappa shape index (κ2) is 8.53. The molecule has 132 valence electrons. The van der Waals surface area contributed by atoms with Crippen molar-refractivity contribution >= 4 is 22.6 Å². The van der Waals surface area contributed by atoms with Crippen LogP contribution >= 0.6 is 0 Å². The Kier molecular flexibility index (Phi) is 6.68. The Hall–Kier alpha value is -1.54. The number of hydrogen-bond donors (Lipinski definition) is 1. The van der Waals surface area contributed by atoms with Gasteiger partial charge in [-0.1, -0.05) is 6.58 Å². The molecule has 0 bridgehead atoms. The summed E-state index contributed by atoms with van der Waals surface area (Å²) in [4.78, 5) is 14.5. The van der Waals surface area contributed by atoms with Crippen molar-refractivity contribution < 1.29 is 14.5 Å². The predicted octanol–water partition coefficient (Wildman–Crippen LogP) is 1.04. The van der Waals surface area contributed by atoms with E-state index in [0.717, 1.165) is 37.0 Å². The summed E-state index contributed by atoms with van der Waals surface area (Å²) >= 11 is 0. The van der Waals surface area contributed by atoms with Crippen LogP contribution in [0.25, 0.3) is 0 Å². The van der Waals surface area contributed by atoms with Crippen LogP contribution in [0.15, 0.2) is 41.8 Å². The van der Waals surface area contributed by atoms with Crippen molar-refractivity contribution in [2.45, 2.75) is 17.7 Å². The first-order chi connectivity index (χ1) is 11.2. The summed E-state index contributed by atoms with van der Waals surface area (Å²) in [6.07, 6.45) is 3.98. The van der Waals surface area contributed by atoms with E-state index in [0.29, 0.717) is 5.69 Å². The molecule has 1 aromatic carbocycles. The van der Waals surface area contributed by atoms with Crippen molar-refractivity contribution in [1.82, 2.24) is 9.21 Å². The SMILES string of the molecule is C=CC(=O)Nc1ccc(S(=O)N2CCN(CC3CC3)CC2)cc1.O. The molecule has 0 spiro atoms. The highest BCUT2D eigenvalue weighted by Crippen LogP contribution is 2.30. The van der Waals surface area contributed by atoms with Gasteiger partial charge in [0.25, 0.3) is 0 Å². The lowest BCUT2D eigenvalue weighted by Gasteiger charge is -2.33. The van der Waals surface area contributed by atoms with Crippen LogP contribution in [0.4, 0.5) is 5.69 Å². The number of amides is 1. The summed E-state index contributed by atoms with van der Waals surface area (Å²) < 4.78 is 14.7. The second-order valence-electron chi connectivity index (χ2n) is 6.14. The quantitative estimate of drug-likeness (QED) is 0.777. The smallest absolute Gasteiger partial charge is 0.247 e. The van der Waals surface area contributed by atoms with E-state index in [4.69, 9.17) is 0 Å². The van der Waals surface area contributed by atoms with E-state index in [1.165, 1.54) is 25.5 Å². The Morgan fingerprint density at radius 2 is 1.83 bits per heavy atom. The molecule has 1 aliphatic heterocycles. The minimum absolute atomic E-state index is 0. The lowest BCUT2D eigenvalue weighted by atomic mass is 10.3. The molecule has 0 radical (unpaired) electrons. The third kappa shape index (κ3) is 4.98. The van der Waals surface area contributed by atoms with Gasteiger partial charge in [-0.3, -0.25) is 4.79 Å². The summed E-state index contributed by atoms with van der Waals surface area (Å²) in [5, 5.41) is 2.69. The van der Waals surface area contributed by atoms with Gasteiger partial charge in [-0.05, 0) is 49.1 Å². The van der Waals surface area contributed by atoms with E-state index >= 15 is 0 Å². The van der Waals surface area contributed by atoms with Crippen molar-refractivity contribution in [3.63, 3.8) is 0 Å². The van der Waals surface area contributed by atoms with Gasteiger partial charge < -0.3 is 15.7 Å². The van der Waals surface area contributed by atoms with Crippen LogP contribution in [-0.2, 0) is 15.8 Å². The van der Waals surface area contributed by atoms with Gasteiger partial charge in [-0.25, -0.2) is 8.51 Å². The fourth-order valence-electron chi connectivity index (χ4n) is 2.74. The third-order valence-corrected chi connectivity index (χ3v) is 5.80. The molecule has 2 fully saturated rings. The Balaban J connectivity index is 0.00000208. The number of carbonyl (C=O) groups excluding carboxylic acids is 1. The molecule has 3 N–H and O–H groups in total. The number of anilines is 1. The standard InChI is InChI=1S/C17H23N3O2S.H2O/c1-2-17(21)18-15-5-7-16(8-6-15)23(22)20-11-9-19(10-12-20)13-14-3-4-14;/h2,5-8,14H,1,3-4,9-13H2,(H,18,21);1H2. The van der Waals surface area contributed by atoms with Crippen LogP contribution in [0, 0.1) is 5.92 Å². The van der Waals surface area contributed by atoms with Crippen LogP contribution in [0.3, 0.4) is 0 Å². The summed E-state index contributed by atoms with van der Waals surface area (Å²) in [6.45, 7) is 8.30. The minimum Gasteiger partial charge on any atom is -0.412 e. The Morgan fingerprint density at radius 1 is 1.21 bits per heavy atom. The first-order valence-electron chi connectivity index (χ1n) is 8.08. The molecule has 1 atom stereocenters. The van der Waals surface area contributed by atoms with Crippen LogP contribution < -0.4 is 5.32 Å². The largest absolute Gasteiger partial charge is 0.412 e. The zero-order chi connectivity index (χ0) is 16.2. The highest BCUT2D eigenvalue weighted by atomic mass is 32.2. The van der Waals surface area contributed by atoms with E-state index in [1.54, 1.807) is 12.1 Å². The lowest BCUT2D eigenvalue weighted by Crippen LogP contribution is -2.47. The highest BCUT2D eigenvalue weighted by Gasteiger charge is 2.27. The Bertz CT molecular complexity index is 594. The lowest BCUT2D eigenvalue weighted by molar-refractivity contribution is -0.111. The van der Waals surface area contributed by atoms with Crippen molar-refractivity contribution in [3.8, 4) is 0 Å². The molecular weight excluding hydrogens is 326 g/mol. The number of rotatable bonds is 6. The molecule has 2 aliphatic rings. The van der Waals surface area contributed by atoms with Gasteiger partial charge in [0.15, 0.2) is 0 Å². The molecule has 1 unspecified atom stereocenters. The zero-order valence-corrected chi connectivity index (χ0v) is 14.6. The fraction of sp³-hybridized carbons (Fsp3) is 0.471. The number of nitrogens with one attached hydrogen (secondary N) is 1. The normalized spacial score (nSPS) is 20.0. The van der Waals surface area contributed by atoms with Crippen LogP contribution in [0.2, 0.25) is 0 Å². The molecule has 24 heavy (non-hydrogen) atoms. The Morgan fingerprint density at radius 3 is 2.38 bits per heavy atom. The van der Waals surface area contributed by atoms with Gasteiger partial charge in [-0.15, -0.1) is 0 Å². The maximum atomic E-state index is 12.6. The number of benzene rings is 1. The highest BCUT2D eigenvalue weighted by molar-refractivity contribution is 7.82. The molecule has 1 aliphatic carbocycles. The molecule has 1 saturated carbocycles. The van der Waals surface area contributed by atoms with Gasteiger partial charge >= 0.3 is 0 Å². The van der Waals surface area contributed by atoms with Crippen molar-refractivity contribution in [3.05, 3.63) is 36.9 Å². The maximum Gasteiger partial charge on any atom is 0.247 e. The van der Waals surface area contributed by atoms with Gasteiger partial charge in [0, 0.05) is 38.4 Å². The average molecular weight is 351 g/mol. The number of nitrogens with zero attached hydrogens (tertiary/aromatic N) is 2. The second-order valence-corrected chi connectivity index (χ2v) is 7.63. The van der Waals surface area contributed by atoms with Crippen molar-refractivity contribution in [2.24, 2.45) is 5.92 Å². The monoisotopic (exact) mass is 351 g/mol. The molecule has 1 amide bonds. The molecule has 1 heterocycles. The van der Waals surface area contributed by atoms with Gasteiger partial charge in [0.05, 0.1) is 4.90 Å². The number of piperazine rings is 1. The number of hydrogen-bond acceptors (Lipinski definition) is 3. The fourth-order valence-corrected chi connectivity index (χ4v) is 3.90. The van der Waals surface area contributed by atoms with Gasteiger partial charge in [0.2, 0.25) is 5.91 Å². The van der Waals surface area contributed by atoms with Gasteiger partial charge in [0.1, 0.15) is 11.0 Å². The van der Waals surface area contributed by atoms with Crippen LogP contribution in [0.1, 0.15) is 12.8 Å². The molecular formula is C17H25N3O3S. The van der Waals surface area contributed by atoms with Crippen LogP contribution in [0.5, 0.6) is 0 Å². The summed E-state index contributed by atoms with van der Waals surface area (Å²) in [6, 6.07) is 7.17. The first-order valence-corrected chi connectivity index (χ1v) is 9.19. The summed E-state index contributed by atoms with van der Waals surface area (Å²) in [7, 11) is -1.13. The predicted molar refractivity (Wildman–Crippen MR) is 96.0 cm³/mol. The Labute approximate surface area is 145 Å². The molecule has 3 rings (SSSR count). The maximum absolute atomic E-state index is 12.6. The van der Waals surface area contributed by atoms with E-state index < -0.39 is 11.0 Å². The molecule has 0 aromatic heterocycles. The van der Waals surface area contributed by atoms with Gasteiger partial charge in [-0.2, -0.15) is 0 Å². The minimum atomic E-state index is -1.13. The molecule has 1 aromatic rings. The molecule has 6 nitrogen and oxygen atoms in total. The van der Waals surface area contributed by atoms with Crippen LogP contribution in [-0.4, -0.2) is 57.5 Å². The van der Waals surface area contributed by atoms with Crippen molar-refractivity contribution in [1.29, 1.82) is 0 Å². The number of carbonyl (C=O) groups is 1. The first kappa shape index (κ1) is 18.8. The zero-order valence-electron chi connectivity index (χ0n) is 13.7. The molecule has 1 saturated heterocycles. The summed E-state index contributed by atoms with van der Waals surface area (Å²) in [5.74, 6) is 0.663. The average Bonchev–Trinajstić information content (AvgIpc) is 3.39. The van der Waals surface area contributed by atoms with E-state index in [1.807, 2.05) is 16.4 Å².